The van der Waals surface area contributed by atoms with E-state index in [0.29, 0.717) is 0 Å². The lowest BCUT2D eigenvalue weighted by Gasteiger charge is -2.07. The highest BCUT2D eigenvalue weighted by molar-refractivity contribution is 7.89. The molecule has 0 aromatic carbocycles. The summed E-state index contributed by atoms with van der Waals surface area (Å²) in [6.07, 6.45) is 2.33. The maximum absolute atomic E-state index is 11.8. The molecule has 1 aromatic rings. The molecule has 0 saturated carbocycles. The maximum atomic E-state index is 11.8. The number of halogens is 1. The summed E-state index contributed by atoms with van der Waals surface area (Å²) >= 11 is 5.54. The Hall–Kier alpha value is -0.940. The number of aromatic amines is 1. The standard InChI is InChI=1S/C9H14ClN3O5S2/c1-19(15,16)12-3-2-4-13-20(17,18)7-5-8(10)9(14)11-6-7/h5-6,12-13H,2-4H2,1H3,(H,11,14). The largest absolute Gasteiger partial charge is 0.326 e. The third-order valence-corrected chi connectivity index (χ3v) is 4.60. The number of nitrogens with one attached hydrogen (secondary N) is 3. The fraction of sp³-hybridized carbons (Fsp3) is 0.444. The van der Waals surface area contributed by atoms with Gasteiger partial charge in [-0.05, 0) is 12.5 Å². The van der Waals surface area contributed by atoms with Crippen molar-refractivity contribution in [3.63, 3.8) is 0 Å². The highest BCUT2D eigenvalue weighted by Crippen LogP contribution is 2.09. The van der Waals surface area contributed by atoms with Gasteiger partial charge < -0.3 is 4.98 Å². The van der Waals surface area contributed by atoms with Crippen LogP contribution in [0.25, 0.3) is 0 Å². The summed E-state index contributed by atoms with van der Waals surface area (Å²) in [7, 11) is -7.08. The van der Waals surface area contributed by atoms with Crippen LogP contribution in [-0.4, -0.2) is 41.2 Å². The van der Waals surface area contributed by atoms with Gasteiger partial charge in [-0.25, -0.2) is 26.3 Å². The normalized spacial score (nSPS) is 12.5. The summed E-state index contributed by atoms with van der Waals surface area (Å²) in [6.45, 7) is 0.162. The Kier molecular flexibility index (Phi) is 5.71. The molecule has 0 radical (unpaired) electrons. The molecule has 114 valence electrons. The van der Waals surface area contributed by atoms with Gasteiger partial charge in [0.1, 0.15) is 5.02 Å². The van der Waals surface area contributed by atoms with E-state index in [1.165, 1.54) is 0 Å². The lowest BCUT2D eigenvalue weighted by atomic mass is 10.4. The second kappa shape index (κ2) is 6.68. The van der Waals surface area contributed by atoms with E-state index in [2.05, 4.69) is 14.4 Å². The molecule has 0 aliphatic heterocycles. The van der Waals surface area contributed by atoms with Gasteiger partial charge in [-0.3, -0.25) is 4.79 Å². The van der Waals surface area contributed by atoms with E-state index in [9.17, 15) is 21.6 Å². The smallest absolute Gasteiger partial charge is 0.266 e. The van der Waals surface area contributed by atoms with Crippen LogP contribution in [0.4, 0.5) is 0 Å². The van der Waals surface area contributed by atoms with E-state index in [4.69, 9.17) is 11.6 Å². The van der Waals surface area contributed by atoms with E-state index < -0.39 is 25.6 Å². The molecular weight excluding hydrogens is 330 g/mol. The number of H-pyrrole nitrogens is 1. The zero-order chi connectivity index (χ0) is 15.4. The second-order valence-electron chi connectivity index (χ2n) is 3.93. The number of sulfonamides is 2. The first kappa shape index (κ1) is 17.1. The van der Waals surface area contributed by atoms with Gasteiger partial charge in [-0.15, -0.1) is 0 Å². The molecule has 11 heteroatoms. The van der Waals surface area contributed by atoms with Crippen molar-refractivity contribution in [2.75, 3.05) is 19.3 Å². The molecule has 0 atom stereocenters. The Morgan fingerprint density at radius 3 is 2.35 bits per heavy atom. The first-order valence-electron chi connectivity index (χ1n) is 5.44. The minimum atomic E-state index is -3.80. The van der Waals surface area contributed by atoms with Gasteiger partial charge in [0.25, 0.3) is 5.56 Å². The predicted octanol–water partition coefficient (Wildman–Crippen LogP) is -0.754. The van der Waals surface area contributed by atoms with Crippen LogP contribution >= 0.6 is 11.6 Å². The third kappa shape index (κ3) is 5.59. The average molecular weight is 344 g/mol. The second-order valence-corrected chi connectivity index (χ2v) is 7.94. The molecule has 3 N–H and O–H groups in total. The number of hydrogen-bond acceptors (Lipinski definition) is 5. The van der Waals surface area contributed by atoms with Crippen molar-refractivity contribution in [2.45, 2.75) is 11.3 Å². The molecule has 1 heterocycles. The summed E-state index contributed by atoms with van der Waals surface area (Å²) in [5.74, 6) is 0. The number of rotatable bonds is 7. The zero-order valence-corrected chi connectivity index (χ0v) is 12.9. The summed E-state index contributed by atoms with van der Waals surface area (Å²) in [4.78, 5) is 13.1. The number of aromatic nitrogens is 1. The first-order valence-corrected chi connectivity index (χ1v) is 9.19. The highest BCUT2D eigenvalue weighted by atomic mass is 35.5. The van der Waals surface area contributed by atoms with Crippen molar-refractivity contribution in [3.8, 4) is 0 Å². The molecule has 20 heavy (non-hydrogen) atoms. The van der Waals surface area contributed by atoms with Gasteiger partial charge in [0.05, 0.1) is 11.2 Å². The van der Waals surface area contributed by atoms with Crippen molar-refractivity contribution in [1.29, 1.82) is 0 Å². The predicted molar refractivity (Wildman–Crippen MR) is 74.7 cm³/mol. The monoisotopic (exact) mass is 343 g/mol. The Morgan fingerprint density at radius 2 is 1.80 bits per heavy atom. The van der Waals surface area contributed by atoms with Gasteiger partial charge in [0.15, 0.2) is 0 Å². The maximum Gasteiger partial charge on any atom is 0.266 e. The fourth-order valence-electron chi connectivity index (χ4n) is 1.23. The first-order chi connectivity index (χ1) is 9.12. The number of hydrogen-bond donors (Lipinski definition) is 3. The van der Waals surface area contributed by atoms with E-state index in [1.54, 1.807) is 0 Å². The van der Waals surface area contributed by atoms with E-state index in [1.807, 2.05) is 0 Å². The summed E-state index contributed by atoms with van der Waals surface area (Å²) in [6, 6.07) is 1.04. The Bertz CT molecular complexity index is 726. The van der Waals surface area contributed by atoms with Crippen LogP contribution in [-0.2, 0) is 20.0 Å². The molecule has 0 spiro atoms. The molecule has 0 fully saturated rings. The van der Waals surface area contributed by atoms with Crippen molar-refractivity contribution in [3.05, 3.63) is 27.6 Å². The molecule has 0 bridgehead atoms. The zero-order valence-electron chi connectivity index (χ0n) is 10.5. The van der Waals surface area contributed by atoms with E-state index >= 15 is 0 Å². The van der Waals surface area contributed by atoms with Crippen LogP contribution in [0.15, 0.2) is 22.0 Å². The molecule has 8 nitrogen and oxygen atoms in total. The van der Waals surface area contributed by atoms with Gasteiger partial charge >= 0.3 is 0 Å². The lowest BCUT2D eigenvalue weighted by molar-refractivity contribution is 0.574. The van der Waals surface area contributed by atoms with Crippen molar-refractivity contribution >= 4 is 31.6 Å². The molecule has 1 aromatic heterocycles. The van der Waals surface area contributed by atoms with Crippen molar-refractivity contribution < 1.29 is 16.8 Å². The molecule has 0 unspecified atom stereocenters. The molecule has 1 rings (SSSR count). The van der Waals surface area contributed by atoms with Crippen LogP contribution < -0.4 is 15.0 Å². The van der Waals surface area contributed by atoms with E-state index in [0.717, 1.165) is 18.5 Å². The molecule has 0 aliphatic carbocycles. The molecule has 0 aliphatic rings. The Balaban J connectivity index is 2.58. The molecular formula is C9H14ClN3O5S2. The van der Waals surface area contributed by atoms with Gasteiger partial charge in [-0.2, -0.15) is 0 Å². The van der Waals surface area contributed by atoms with Crippen molar-refractivity contribution in [1.82, 2.24) is 14.4 Å². The van der Waals surface area contributed by atoms with Gasteiger partial charge in [0.2, 0.25) is 20.0 Å². The summed E-state index contributed by atoms with van der Waals surface area (Å²) in [5, 5.41) is -0.230. The van der Waals surface area contributed by atoms with Crippen LogP contribution in [0.2, 0.25) is 5.02 Å². The van der Waals surface area contributed by atoms with Gasteiger partial charge in [-0.1, -0.05) is 11.6 Å². The topological polar surface area (TPSA) is 125 Å². The molecule has 0 saturated heterocycles. The summed E-state index contributed by atoms with van der Waals surface area (Å²) in [5.41, 5.74) is -0.581. The average Bonchev–Trinajstić information content (AvgIpc) is 2.30. The Morgan fingerprint density at radius 1 is 1.20 bits per heavy atom. The SMILES string of the molecule is CS(=O)(=O)NCCCNS(=O)(=O)c1c[nH]c(=O)c(Cl)c1. The summed E-state index contributed by atoms with van der Waals surface area (Å²) < 4.78 is 49.7. The van der Waals surface area contributed by atoms with Gasteiger partial charge in [0, 0.05) is 19.3 Å². The third-order valence-electron chi connectivity index (χ3n) is 2.15. The van der Waals surface area contributed by atoms with Crippen molar-refractivity contribution in [2.24, 2.45) is 0 Å². The van der Waals surface area contributed by atoms with Crippen LogP contribution in [0.5, 0.6) is 0 Å². The fourth-order valence-corrected chi connectivity index (χ4v) is 3.05. The molecule has 0 amide bonds. The van der Waals surface area contributed by atoms with Crippen LogP contribution in [0, 0.1) is 0 Å². The van der Waals surface area contributed by atoms with E-state index in [-0.39, 0.29) is 29.4 Å². The lowest BCUT2D eigenvalue weighted by Crippen LogP contribution is -2.29. The Labute approximate surface area is 121 Å². The number of pyridine rings is 1. The van der Waals surface area contributed by atoms with Crippen LogP contribution in [0.1, 0.15) is 6.42 Å². The minimum Gasteiger partial charge on any atom is -0.326 e. The van der Waals surface area contributed by atoms with Crippen LogP contribution in [0.3, 0.4) is 0 Å². The highest BCUT2D eigenvalue weighted by Gasteiger charge is 2.14. The quantitative estimate of drug-likeness (QED) is 0.561. The minimum absolute atomic E-state index is 0.0433.